The lowest BCUT2D eigenvalue weighted by molar-refractivity contribution is -0.131. The number of carbonyl (C=O) groups excluding carboxylic acids is 1. The van der Waals surface area contributed by atoms with Gasteiger partial charge in [0, 0.05) is 7.05 Å². The highest BCUT2D eigenvalue weighted by molar-refractivity contribution is 6.07. The van der Waals surface area contributed by atoms with Crippen molar-refractivity contribution in [2.24, 2.45) is 10.7 Å². The maximum absolute atomic E-state index is 13.1. The number of nitrogens with zero attached hydrogens (tertiary/aromatic N) is 2. The summed E-state index contributed by atoms with van der Waals surface area (Å²) in [5.41, 5.74) is 8.93. The van der Waals surface area contributed by atoms with Crippen LogP contribution in [0, 0.1) is 0 Å². The molecule has 26 heavy (non-hydrogen) atoms. The molecule has 2 aliphatic rings. The molecular formula is C21H23N3O2. The molecule has 1 spiro atoms. The van der Waals surface area contributed by atoms with E-state index in [-0.39, 0.29) is 23.0 Å². The van der Waals surface area contributed by atoms with Crippen LogP contribution in [0.3, 0.4) is 0 Å². The van der Waals surface area contributed by atoms with Gasteiger partial charge >= 0.3 is 0 Å². The van der Waals surface area contributed by atoms with E-state index in [4.69, 9.17) is 5.73 Å². The highest BCUT2D eigenvalue weighted by Gasteiger charge is 2.53. The number of rotatable bonds is 1. The van der Waals surface area contributed by atoms with Crippen molar-refractivity contribution in [1.29, 1.82) is 0 Å². The topological polar surface area (TPSA) is 78.9 Å². The summed E-state index contributed by atoms with van der Waals surface area (Å²) in [5, 5.41) is 9.81. The maximum Gasteiger partial charge on any atom is 0.261 e. The molecule has 134 valence electrons. The molecule has 4 rings (SSSR count). The van der Waals surface area contributed by atoms with Crippen molar-refractivity contribution in [2.75, 3.05) is 7.05 Å². The van der Waals surface area contributed by atoms with Crippen LogP contribution in [0.4, 0.5) is 0 Å². The summed E-state index contributed by atoms with van der Waals surface area (Å²) in [6.45, 7) is 4.39. The lowest BCUT2D eigenvalue weighted by Crippen LogP contribution is -2.44. The number of aliphatic imine (C=N–C) groups is 1. The first-order chi connectivity index (χ1) is 12.2. The highest BCUT2D eigenvalue weighted by Crippen LogP contribution is 2.50. The van der Waals surface area contributed by atoms with Crippen molar-refractivity contribution < 1.29 is 9.90 Å². The molecule has 1 amide bonds. The fourth-order valence-electron chi connectivity index (χ4n) is 4.14. The van der Waals surface area contributed by atoms with E-state index in [9.17, 15) is 9.90 Å². The minimum atomic E-state index is -0.934. The predicted octanol–water partition coefficient (Wildman–Crippen LogP) is 3.11. The van der Waals surface area contributed by atoms with Crippen LogP contribution < -0.4 is 5.73 Å². The average molecular weight is 349 g/mol. The van der Waals surface area contributed by atoms with Crippen molar-refractivity contribution in [2.45, 2.75) is 37.6 Å². The predicted molar refractivity (Wildman–Crippen MR) is 102 cm³/mol. The fourth-order valence-corrected chi connectivity index (χ4v) is 4.14. The molecule has 0 radical (unpaired) electrons. The van der Waals surface area contributed by atoms with Crippen LogP contribution in [-0.4, -0.2) is 28.9 Å². The van der Waals surface area contributed by atoms with Gasteiger partial charge in [-0.3, -0.25) is 9.69 Å². The van der Waals surface area contributed by atoms with E-state index in [1.54, 1.807) is 19.2 Å². The summed E-state index contributed by atoms with van der Waals surface area (Å²) in [7, 11) is 1.68. The Morgan fingerprint density at radius 3 is 2.46 bits per heavy atom. The van der Waals surface area contributed by atoms with Gasteiger partial charge in [0.2, 0.25) is 0 Å². The Balaban J connectivity index is 1.95. The number of phenolic OH excluding ortho intramolecular Hbond substituents is 1. The van der Waals surface area contributed by atoms with Crippen LogP contribution in [0.15, 0.2) is 47.5 Å². The molecule has 1 atom stereocenters. The van der Waals surface area contributed by atoms with Gasteiger partial charge in [0.25, 0.3) is 5.91 Å². The van der Waals surface area contributed by atoms with Gasteiger partial charge in [0.15, 0.2) is 11.5 Å². The molecule has 1 aliphatic heterocycles. The van der Waals surface area contributed by atoms with Crippen LogP contribution in [0.5, 0.6) is 5.75 Å². The van der Waals surface area contributed by atoms with Gasteiger partial charge in [-0.15, -0.1) is 0 Å². The van der Waals surface area contributed by atoms with Crippen LogP contribution in [0.25, 0.3) is 11.1 Å². The molecule has 5 nitrogen and oxygen atoms in total. The second-order valence-electron chi connectivity index (χ2n) is 7.89. The number of hydrogen-bond acceptors (Lipinski definition) is 4. The number of fused-ring (bicyclic) bond motifs is 2. The quantitative estimate of drug-likeness (QED) is 0.830. The van der Waals surface area contributed by atoms with Crippen molar-refractivity contribution >= 4 is 11.9 Å². The van der Waals surface area contributed by atoms with Crippen LogP contribution in [0.2, 0.25) is 0 Å². The lowest BCUT2D eigenvalue weighted by Gasteiger charge is -2.40. The first kappa shape index (κ1) is 16.6. The van der Waals surface area contributed by atoms with Crippen LogP contribution in [-0.2, 0) is 15.7 Å². The van der Waals surface area contributed by atoms with E-state index >= 15 is 0 Å². The number of aromatic hydroxyl groups is 1. The molecule has 0 saturated heterocycles. The monoisotopic (exact) mass is 349 g/mol. The third kappa shape index (κ3) is 2.23. The van der Waals surface area contributed by atoms with E-state index in [1.807, 2.05) is 24.3 Å². The van der Waals surface area contributed by atoms with Crippen molar-refractivity contribution in [3.63, 3.8) is 0 Å². The number of amides is 1. The first-order valence-electron chi connectivity index (χ1n) is 8.82. The van der Waals surface area contributed by atoms with Gasteiger partial charge in [-0.2, -0.15) is 0 Å². The van der Waals surface area contributed by atoms with Crippen LogP contribution in [0.1, 0.15) is 37.8 Å². The molecule has 0 saturated carbocycles. The van der Waals surface area contributed by atoms with Crippen molar-refractivity contribution in [3.05, 3.63) is 53.6 Å². The Morgan fingerprint density at radius 2 is 1.81 bits per heavy atom. The summed E-state index contributed by atoms with van der Waals surface area (Å²) in [6.07, 6.45) is 1.50. The molecule has 2 aromatic rings. The van der Waals surface area contributed by atoms with Crippen molar-refractivity contribution in [3.8, 4) is 16.9 Å². The Bertz CT molecular complexity index is 948. The van der Waals surface area contributed by atoms with Gasteiger partial charge in [-0.25, -0.2) is 4.99 Å². The lowest BCUT2D eigenvalue weighted by atomic mass is 9.65. The minimum Gasteiger partial charge on any atom is -0.508 e. The molecule has 1 heterocycles. The Hall–Kier alpha value is -2.82. The van der Waals surface area contributed by atoms with E-state index in [0.717, 1.165) is 28.7 Å². The molecule has 1 unspecified atom stereocenters. The maximum atomic E-state index is 13.1. The zero-order chi connectivity index (χ0) is 18.7. The van der Waals surface area contributed by atoms with Gasteiger partial charge in [0.1, 0.15) is 5.75 Å². The third-order valence-corrected chi connectivity index (χ3v) is 5.79. The summed E-state index contributed by atoms with van der Waals surface area (Å²) in [5.74, 6) is 0.414. The van der Waals surface area contributed by atoms with Crippen molar-refractivity contribution in [1.82, 2.24) is 4.90 Å². The smallest absolute Gasteiger partial charge is 0.261 e. The number of guanidine groups is 1. The summed E-state index contributed by atoms with van der Waals surface area (Å²) >= 11 is 0. The fraction of sp³-hybridized carbons (Fsp3) is 0.333. The second-order valence-corrected chi connectivity index (χ2v) is 7.89. The minimum absolute atomic E-state index is 0.0380. The number of likely N-dealkylation sites (N-methyl/N-ethyl adjacent to an activating group) is 1. The van der Waals surface area contributed by atoms with E-state index in [1.165, 1.54) is 4.90 Å². The third-order valence-electron chi connectivity index (χ3n) is 5.79. The number of phenols is 1. The standard InChI is InChI=1S/C21H23N3O2/c1-20(2)9-10-21(18(26)24(3)19(22)23-21)17-12-14(7-8-16(17)20)13-5-4-6-15(25)11-13/h4-8,11-12,25H,9-10H2,1-3H3,(H2,22,23). The number of hydrogen-bond donors (Lipinski definition) is 2. The first-order valence-corrected chi connectivity index (χ1v) is 8.82. The Morgan fingerprint density at radius 1 is 1.08 bits per heavy atom. The zero-order valence-electron chi connectivity index (χ0n) is 15.3. The molecular weight excluding hydrogens is 326 g/mol. The number of nitrogens with two attached hydrogens (primary N) is 1. The number of benzene rings is 2. The molecule has 5 heteroatoms. The highest BCUT2D eigenvalue weighted by atomic mass is 16.3. The van der Waals surface area contributed by atoms with Gasteiger partial charge in [-0.1, -0.05) is 38.1 Å². The van der Waals surface area contributed by atoms with E-state index in [0.29, 0.717) is 6.42 Å². The molecule has 3 N–H and O–H groups in total. The van der Waals surface area contributed by atoms with Gasteiger partial charge in [0.05, 0.1) is 0 Å². The Labute approximate surface area is 153 Å². The van der Waals surface area contributed by atoms with Crippen LogP contribution >= 0.6 is 0 Å². The van der Waals surface area contributed by atoms with E-state index in [2.05, 4.69) is 24.9 Å². The molecule has 2 aromatic carbocycles. The normalized spacial score (nSPS) is 23.9. The second kappa shape index (κ2) is 5.34. The largest absolute Gasteiger partial charge is 0.508 e. The SMILES string of the molecule is CN1C(=O)C2(CCC(C)(C)c3ccc(-c4cccc(O)c4)cc32)N=C1N. The summed E-state index contributed by atoms with van der Waals surface area (Å²) in [6, 6.07) is 13.3. The Kier molecular flexibility index (Phi) is 3.41. The summed E-state index contributed by atoms with van der Waals surface area (Å²) in [4.78, 5) is 19.1. The molecule has 1 aliphatic carbocycles. The van der Waals surface area contributed by atoms with Gasteiger partial charge < -0.3 is 10.8 Å². The molecule has 0 fully saturated rings. The zero-order valence-corrected chi connectivity index (χ0v) is 15.3. The van der Waals surface area contributed by atoms with Gasteiger partial charge in [-0.05, 0) is 58.7 Å². The summed E-state index contributed by atoms with van der Waals surface area (Å²) < 4.78 is 0. The number of carbonyl (C=O) groups is 1. The molecule has 0 bridgehead atoms. The molecule has 0 aromatic heterocycles. The van der Waals surface area contributed by atoms with E-state index < -0.39 is 5.54 Å². The average Bonchev–Trinajstić information content (AvgIpc) is 2.83.